The van der Waals surface area contributed by atoms with Crippen molar-refractivity contribution in [2.75, 3.05) is 23.4 Å². The summed E-state index contributed by atoms with van der Waals surface area (Å²) < 4.78 is 0. The predicted octanol–water partition coefficient (Wildman–Crippen LogP) is 6.14. The minimum Gasteiger partial charge on any atom is -0.398 e. The van der Waals surface area contributed by atoms with Gasteiger partial charge >= 0.3 is 0 Å². The number of anilines is 3. The van der Waals surface area contributed by atoms with Crippen LogP contribution in [0.1, 0.15) is 54.1 Å². The van der Waals surface area contributed by atoms with Gasteiger partial charge in [0.15, 0.2) is 0 Å². The molecule has 3 aromatic rings. The first-order valence-corrected chi connectivity index (χ1v) is 12.0. The zero-order chi connectivity index (χ0) is 25.0. The molecule has 1 aliphatic rings. The molecule has 35 heavy (non-hydrogen) atoms. The Balaban J connectivity index is 0.000000320. The second-order valence-corrected chi connectivity index (χ2v) is 8.78. The minimum absolute atomic E-state index is 0.225. The fourth-order valence-corrected chi connectivity index (χ4v) is 3.98. The van der Waals surface area contributed by atoms with Crippen molar-refractivity contribution in [3.05, 3.63) is 83.6 Å². The molecule has 0 aliphatic heterocycles. The van der Waals surface area contributed by atoms with Crippen LogP contribution < -0.4 is 16.4 Å². The molecule has 2 aromatic carbocycles. The van der Waals surface area contributed by atoms with Crippen LogP contribution in [0.15, 0.2) is 66.9 Å². The summed E-state index contributed by atoms with van der Waals surface area (Å²) in [6.45, 7) is 2.18. The van der Waals surface area contributed by atoms with Gasteiger partial charge in [-0.25, -0.2) is 4.98 Å². The maximum atomic E-state index is 12.4. The lowest BCUT2D eigenvalue weighted by molar-refractivity contribution is -0.113. The van der Waals surface area contributed by atoms with Crippen LogP contribution in [0.3, 0.4) is 0 Å². The van der Waals surface area contributed by atoms with Crippen LogP contribution in [0.5, 0.6) is 0 Å². The summed E-state index contributed by atoms with van der Waals surface area (Å²) in [5.41, 5.74) is 10.1. The Hall–Kier alpha value is -3.93. The standard InChI is InChI=1S/C21H20N4O.C8H14O/c1-23-18-10-6-15(7-11-18)5-8-16-14-17(9-12-19(16)22)21(26)25-20-4-2-3-13-24-20;1-7-4-2-3-5-8(7)6-9/h2-14,23H,22H2,1H3,(H,24,25,26);6-8H,2-5H2,1H3/b8-5+;. The first-order chi connectivity index (χ1) is 17.0. The highest BCUT2D eigenvalue weighted by Gasteiger charge is 2.19. The van der Waals surface area contributed by atoms with Gasteiger partial charge in [0.05, 0.1) is 0 Å². The third kappa shape index (κ3) is 7.81. The molecule has 1 fully saturated rings. The van der Waals surface area contributed by atoms with Gasteiger partial charge in [0, 0.05) is 36.1 Å². The number of hydrogen-bond acceptors (Lipinski definition) is 5. The van der Waals surface area contributed by atoms with Crippen LogP contribution in [0.2, 0.25) is 0 Å². The molecule has 1 amide bonds. The van der Waals surface area contributed by atoms with Crippen molar-refractivity contribution in [1.29, 1.82) is 0 Å². The van der Waals surface area contributed by atoms with Crippen molar-refractivity contribution in [1.82, 2.24) is 4.98 Å². The Morgan fingerprint density at radius 1 is 1.03 bits per heavy atom. The van der Waals surface area contributed by atoms with Gasteiger partial charge < -0.3 is 21.2 Å². The maximum absolute atomic E-state index is 12.4. The lowest BCUT2D eigenvalue weighted by Crippen LogP contribution is -2.17. The summed E-state index contributed by atoms with van der Waals surface area (Å²) in [7, 11) is 1.88. The molecule has 0 radical (unpaired) electrons. The molecule has 2 atom stereocenters. The topological polar surface area (TPSA) is 97.1 Å². The second kappa shape index (κ2) is 13.1. The Labute approximate surface area is 207 Å². The zero-order valence-electron chi connectivity index (χ0n) is 20.4. The van der Waals surface area contributed by atoms with E-state index in [0.717, 1.165) is 29.5 Å². The SMILES string of the molecule is CC1CCCCC1C=O.CNc1ccc(/C=C/c2cc(C(=O)Nc3ccccn3)ccc2N)cc1. The summed E-state index contributed by atoms with van der Waals surface area (Å²) in [6, 6.07) is 18.6. The molecule has 2 unspecified atom stereocenters. The number of nitrogens with two attached hydrogens (primary N) is 1. The van der Waals surface area contributed by atoms with Crippen molar-refractivity contribution in [2.45, 2.75) is 32.6 Å². The van der Waals surface area contributed by atoms with Gasteiger partial charge in [0.25, 0.3) is 5.91 Å². The Bertz CT molecular complexity index is 1130. The third-order valence-electron chi connectivity index (χ3n) is 6.26. The number of hydrogen-bond donors (Lipinski definition) is 3. The van der Waals surface area contributed by atoms with Crippen molar-refractivity contribution in [3.8, 4) is 0 Å². The lowest BCUT2D eigenvalue weighted by Gasteiger charge is -2.23. The van der Waals surface area contributed by atoms with E-state index in [1.165, 1.54) is 19.3 Å². The number of carbonyl (C=O) groups is 2. The average molecular weight is 471 g/mol. The number of nitrogens with zero attached hydrogens (tertiary/aromatic N) is 1. The Kier molecular flexibility index (Phi) is 9.60. The number of nitrogen functional groups attached to an aromatic ring is 1. The zero-order valence-corrected chi connectivity index (χ0v) is 20.4. The monoisotopic (exact) mass is 470 g/mol. The molecule has 0 spiro atoms. The van der Waals surface area contributed by atoms with E-state index in [4.69, 9.17) is 5.73 Å². The van der Waals surface area contributed by atoms with Crippen LogP contribution in [-0.2, 0) is 4.79 Å². The number of nitrogens with one attached hydrogen (secondary N) is 2. The molecule has 1 aromatic heterocycles. The number of amides is 1. The minimum atomic E-state index is -0.225. The van der Waals surface area contributed by atoms with Gasteiger partial charge in [-0.05, 0) is 65.9 Å². The largest absolute Gasteiger partial charge is 0.398 e. The number of benzene rings is 2. The van der Waals surface area contributed by atoms with Crippen molar-refractivity contribution >= 4 is 41.5 Å². The van der Waals surface area contributed by atoms with E-state index < -0.39 is 0 Å². The highest BCUT2D eigenvalue weighted by atomic mass is 16.1. The number of carbonyl (C=O) groups excluding carboxylic acids is 2. The molecule has 1 aliphatic carbocycles. The van der Waals surface area contributed by atoms with Gasteiger partial charge in [0.2, 0.25) is 0 Å². The van der Waals surface area contributed by atoms with Gasteiger partial charge in [-0.15, -0.1) is 0 Å². The van der Waals surface area contributed by atoms with E-state index in [0.29, 0.717) is 28.9 Å². The Morgan fingerprint density at radius 3 is 2.43 bits per heavy atom. The molecule has 0 saturated heterocycles. The molecule has 4 N–H and O–H groups in total. The summed E-state index contributed by atoms with van der Waals surface area (Å²) in [4.78, 5) is 26.9. The van der Waals surface area contributed by atoms with E-state index in [2.05, 4.69) is 22.5 Å². The molecule has 182 valence electrons. The molecular weight excluding hydrogens is 436 g/mol. The predicted molar refractivity (Wildman–Crippen MR) is 145 cm³/mol. The molecular formula is C29H34N4O2. The van der Waals surface area contributed by atoms with Crippen LogP contribution in [0.4, 0.5) is 17.2 Å². The van der Waals surface area contributed by atoms with E-state index in [1.807, 2.05) is 49.5 Å². The average Bonchev–Trinajstić information content (AvgIpc) is 2.89. The van der Waals surface area contributed by atoms with Gasteiger partial charge in [0.1, 0.15) is 12.1 Å². The molecule has 1 heterocycles. The summed E-state index contributed by atoms with van der Waals surface area (Å²) in [5, 5.41) is 5.85. The normalized spacial score (nSPS) is 17.2. The molecule has 0 bridgehead atoms. The molecule has 1 saturated carbocycles. The summed E-state index contributed by atoms with van der Waals surface area (Å²) >= 11 is 0. The molecule has 4 rings (SSSR count). The van der Waals surface area contributed by atoms with E-state index >= 15 is 0 Å². The lowest BCUT2D eigenvalue weighted by atomic mass is 9.81. The number of aldehydes is 1. The van der Waals surface area contributed by atoms with Crippen molar-refractivity contribution in [3.63, 3.8) is 0 Å². The van der Waals surface area contributed by atoms with Crippen LogP contribution >= 0.6 is 0 Å². The summed E-state index contributed by atoms with van der Waals surface area (Å²) in [6.07, 6.45) is 11.6. The fourth-order valence-electron chi connectivity index (χ4n) is 3.98. The van der Waals surface area contributed by atoms with Crippen LogP contribution in [0, 0.1) is 11.8 Å². The van der Waals surface area contributed by atoms with E-state index in [-0.39, 0.29) is 5.91 Å². The number of rotatable bonds is 6. The smallest absolute Gasteiger partial charge is 0.256 e. The molecule has 6 heteroatoms. The quantitative estimate of drug-likeness (QED) is 0.228. The Morgan fingerprint density at radius 2 is 1.80 bits per heavy atom. The van der Waals surface area contributed by atoms with Crippen molar-refractivity contribution < 1.29 is 9.59 Å². The highest BCUT2D eigenvalue weighted by molar-refractivity contribution is 6.04. The second-order valence-electron chi connectivity index (χ2n) is 8.78. The third-order valence-corrected chi connectivity index (χ3v) is 6.26. The van der Waals surface area contributed by atoms with Gasteiger partial charge in [-0.1, -0.05) is 56.5 Å². The first kappa shape index (κ1) is 25.7. The van der Waals surface area contributed by atoms with Crippen LogP contribution in [0.25, 0.3) is 12.2 Å². The van der Waals surface area contributed by atoms with E-state index in [1.54, 1.807) is 36.5 Å². The van der Waals surface area contributed by atoms with Crippen LogP contribution in [-0.4, -0.2) is 24.2 Å². The molecule has 6 nitrogen and oxygen atoms in total. The van der Waals surface area contributed by atoms with Gasteiger partial charge in [-0.3, -0.25) is 4.79 Å². The highest BCUT2D eigenvalue weighted by Crippen LogP contribution is 2.27. The fraction of sp³-hybridized carbons (Fsp3) is 0.276. The maximum Gasteiger partial charge on any atom is 0.256 e. The van der Waals surface area contributed by atoms with Crippen molar-refractivity contribution in [2.24, 2.45) is 11.8 Å². The number of aromatic nitrogens is 1. The van der Waals surface area contributed by atoms with Gasteiger partial charge in [-0.2, -0.15) is 0 Å². The summed E-state index contributed by atoms with van der Waals surface area (Å²) in [5.74, 6) is 1.31. The van der Waals surface area contributed by atoms with E-state index in [9.17, 15) is 9.59 Å². The number of pyridine rings is 1. The first-order valence-electron chi connectivity index (χ1n) is 12.0.